The maximum Gasteiger partial charge on any atom is 0.472 e. The van der Waals surface area contributed by atoms with Gasteiger partial charge < -0.3 is 33.8 Å². The Hall–Kier alpha value is -4.80. The summed E-state index contributed by atoms with van der Waals surface area (Å²) < 4.78 is 68.5. The minimum Gasteiger partial charge on any atom is -0.462 e. The first-order chi connectivity index (χ1) is 50.7. The fraction of sp³-hybridized carbons (Fsp3) is 0.694. The van der Waals surface area contributed by atoms with Gasteiger partial charge >= 0.3 is 39.5 Å². The van der Waals surface area contributed by atoms with Crippen molar-refractivity contribution in [1.82, 2.24) is 0 Å². The number of rotatable bonds is 75. The fourth-order valence-corrected chi connectivity index (χ4v) is 12.1. The Balaban J connectivity index is 5.45. The van der Waals surface area contributed by atoms with Gasteiger partial charge in [0.2, 0.25) is 0 Å². The molecule has 596 valence electrons. The van der Waals surface area contributed by atoms with E-state index < -0.39 is 97.5 Å². The van der Waals surface area contributed by atoms with Crippen LogP contribution < -0.4 is 0 Å². The van der Waals surface area contributed by atoms with E-state index in [2.05, 4.69) is 137 Å². The topological polar surface area (TPSA) is 237 Å². The molecular formula is C85H144O17P2. The third-order valence-electron chi connectivity index (χ3n) is 16.6. The zero-order valence-electron chi connectivity index (χ0n) is 65.2. The van der Waals surface area contributed by atoms with Gasteiger partial charge in [0.25, 0.3) is 0 Å². The number of esters is 4. The van der Waals surface area contributed by atoms with Gasteiger partial charge in [0.15, 0.2) is 12.2 Å². The lowest BCUT2D eigenvalue weighted by Gasteiger charge is -2.21. The quantitative estimate of drug-likeness (QED) is 0.0169. The molecule has 5 atom stereocenters. The first-order valence-corrected chi connectivity index (χ1v) is 43.4. The molecule has 0 aromatic carbocycles. The predicted octanol–water partition coefficient (Wildman–Crippen LogP) is 23.7. The molecule has 5 unspecified atom stereocenters. The number of carbonyl (C=O) groups excluding carboxylic acids is 4. The Morgan fingerprint density at radius 1 is 0.288 bits per heavy atom. The van der Waals surface area contributed by atoms with Gasteiger partial charge in [0, 0.05) is 19.3 Å². The molecule has 0 aliphatic heterocycles. The van der Waals surface area contributed by atoms with Gasteiger partial charge in [-0.1, -0.05) is 309 Å². The van der Waals surface area contributed by atoms with Crippen molar-refractivity contribution in [1.29, 1.82) is 0 Å². The van der Waals surface area contributed by atoms with Crippen molar-refractivity contribution in [2.75, 3.05) is 39.6 Å². The van der Waals surface area contributed by atoms with Crippen LogP contribution in [0.5, 0.6) is 0 Å². The highest BCUT2D eigenvalue weighted by atomic mass is 31.2. The van der Waals surface area contributed by atoms with Crippen LogP contribution in [0, 0.1) is 0 Å². The molecule has 0 saturated heterocycles. The van der Waals surface area contributed by atoms with E-state index in [-0.39, 0.29) is 25.7 Å². The molecule has 0 aromatic rings. The van der Waals surface area contributed by atoms with Crippen molar-refractivity contribution in [3.63, 3.8) is 0 Å². The second-order valence-electron chi connectivity index (χ2n) is 26.6. The van der Waals surface area contributed by atoms with Gasteiger partial charge in [-0.3, -0.25) is 37.3 Å². The number of carbonyl (C=O) groups is 4. The van der Waals surface area contributed by atoms with E-state index in [4.69, 9.17) is 37.0 Å². The van der Waals surface area contributed by atoms with Gasteiger partial charge in [0.1, 0.15) is 19.3 Å². The van der Waals surface area contributed by atoms with E-state index in [0.29, 0.717) is 25.7 Å². The van der Waals surface area contributed by atoms with Crippen LogP contribution in [0.3, 0.4) is 0 Å². The number of aliphatic hydroxyl groups excluding tert-OH is 1. The first-order valence-electron chi connectivity index (χ1n) is 40.4. The van der Waals surface area contributed by atoms with Crippen LogP contribution in [0.2, 0.25) is 0 Å². The Morgan fingerprint density at radius 3 is 0.875 bits per heavy atom. The predicted molar refractivity (Wildman–Crippen MR) is 427 cm³/mol. The maximum atomic E-state index is 13.1. The molecule has 0 rings (SSSR count). The summed E-state index contributed by atoms with van der Waals surface area (Å²) >= 11 is 0. The molecule has 0 saturated carbocycles. The third kappa shape index (κ3) is 75.4. The lowest BCUT2D eigenvalue weighted by atomic mass is 10.0. The second kappa shape index (κ2) is 76.4. The number of unbranched alkanes of at least 4 members (excludes halogenated alkanes) is 28. The molecule has 0 heterocycles. The van der Waals surface area contributed by atoms with Crippen LogP contribution >= 0.6 is 15.6 Å². The van der Waals surface area contributed by atoms with Crippen LogP contribution in [-0.2, 0) is 65.4 Å². The fourth-order valence-electron chi connectivity index (χ4n) is 10.6. The largest absolute Gasteiger partial charge is 0.472 e. The van der Waals surface area contributed by atoms with Gasteiger partial charge in [0.05, 0.1) is 32.8 Å². The van der Waals surface area contributed by atoms with Crippen LogP contribution in [0.4, 0.5) is 0 Å². The molecule has 104 heavy (non-hydrogen) atoms. The summed E-state index contributed by atoms with van der Waals surface area (Å²) in [4.78, 5) is 73.0. The number of phosphoric ester groups is 2. The van der Waals surface area contributed by atoms with E-state index in [1.54, 1.807) is 12.2 Å². The van der Waals surface area contributed by atoms with Crippen molar-refractivity contribution in [3.8, 4) is 0 Å². The second-order valence-corrected chi connectivity index (χ2v) is 29.5. The summed E-state index contributed by atoms with van der Waals surface area (Å²) in [6.45, 7) is 4.51. The minimum absolute atomic E-state index is 0.0922. The van der Waals surface area contributed by atoms with Crippen molar-refractivity contribution < 1.29 is 80.2 Å². The summed E-state index contributed by atoms with van der Waals surface area (Å²) in [5.41, 5.74) is 0. The number of ether oxygens (including phenoxy) is 4. The zero-order valence-corrected chi connectivity index (χ0v) is 66.9. The van der Waals surface area contributed by atoms with Gasteiger partial charge in [-0.05, 0) is 122 Å². The van der Waals surface area contributed by atoms with E-state index in [1.807, 2.05) is 12.2 Å². The monoisotopic (exact) mass is 1500 g/mol. The van der Waals surface area contributed by atoms with Crippen LogP contribution in [0.1, 0.15) is 323 Å². The highest BCUT2D eigenvalue weighted by molar-refractivity contribution is 7.47. The lowest BCUT2D eigenvalue weighted by Crippen LogP contribution is -2.30. The highest BCUT2D eigenvalue weighted by Gasteiger charge is 2.30. The number of allylic oxidation sites excluding steroid dienone is 21. The molecule has 0 radical (unpaired) electrons. The maximum absolute atomic E-state index is 13.1. The molecule has 0 aliphatic rings. The van der Waals surface area contributed by atoms with E-state index >= 15 is 0 Å². The molecule has 3 N–H and O–H groups in total. The van der Waals surface area contributed by atoms with E-state index in [0.717, 1.165) is 141 Å². The summed E-state index contributed by atoms with van der Waals surface area (Å²) in [5, 5.41) is 10.6. The Kier molecular flexibility index (Phi) is 72.9. The highest BCUT2D eigenvalue weighted by Crippen LogP contribution is 2.45. The molecule has 0 bridgehead atoms. The normalized spacial score (nSPS) is 14.6. The van der Waals surface area contributed by atoms with Crippen molar-refractivity contribution in [2.24, 2.45) is 0 Å². The SMILES string of the molecule is CC/C=C\C/C=C\C/C=C\C/C=C\C/C=C\CCCCCC(=O)OCC(COP(=O)(O)OCC(O)COP(=O)(O)OCC(COC(=O)CCCCCCC/C=C\CCCCCCCC)OC(=O)CCCCCCCCCCCCCCCCC)OC(=O)C/C=C\C/C=C\C/C=C\C/C=C\C/C=C\CC. The van der Waals surface area contributed by atoms with Crippen LogP contribution in [0.25, 0.3) is 0 Å². The molecule has 19 heteroatoms. The minimum atomic E-state index is -5.01. The summed E-state index contributed by atoms with van der Waals surface area (Å²) in [6.07, 6.45) is 86.0. The molecule has 17 nitrogen and oxygen atoms in total. The molecular weight excluding hydrogens is 1350 g/mol. The smallest absolute Gasteiger partial charge is 0.462 e. The zero-order chi connectivity index (χ0) is 76.0. The third-order valence-corrected chi connectivity index (χ3v) is 18.5. The molecule has 0 aromatic heterocycles. The standard InChI is InChI=1S/C85H144O17P2/c1-5-9-13-17-21-25-29-33-37-38-39-40-44-46-50-54-58-62-66-70-83(88)96-76-81(102-85(90)72-68-64-60-56-52-48-43-36-32-28-24-20-16-12-8-4)78-100-104(93,94)98-74-79(86)73-97-103(91,92)99-77-80(101-84(89)71-67-63-59-55-51-47-42-35-31-27-23-19-15-11-7-3)75-95-82(87)69-65-61-57-53-49-45-41-34-30-26-22-18-14-10-6-2/h9,12-13,16,21,24-25,28,33-34,36-37,39-41,43,46,50,52,56,64,68,79-81,86H,5-8,10-11,14-15,17-20,22-23,26-27,29-32,35,38,42,44-45,47-49,51,53-55,57-63,65-67,69-78H2,1-4H3,(H,91,92)(H,93,94)/b13-9-,16-12-,25-21-,28-24-,37-33-,40-39-,41-34-,43-36-,50-46-,56-52-,68-64-. The van der Waals surface area contributed by atoms with Gasteiger partial charge in [-0.15, -0.1) is 0 Å². The summed E-state index contributed by atoms with van der Waals surface area (Å²) in [7, 11) is -10.0. The molecule has 0 spiro atoms. The molecule has 0 fully saturated rings. The average molecular weight is 1500 g/mol. The van der Waals surface area contributed by atoms with Crippen LogP contribution in [0.15, 0.2) is 134 Å². The van der Waals surface area contributed by atoms with E-state index in [9.17, 15) is 43.2 Å². The number of hydrogen-bond acceptors (Lipinski definition) is 15. The Bertz CT molecular complexity index is 2490. The van der Waals surface area contributed by atoms with Crippen molar-refractivity contribution in [3.05, 3.63) is 134 Å². The van der Waals surface area contributed by atoms with Gasteiger partial charge in [-0.25, -0.2) is 9.13 Å². The Labute approximate surface area is 631 Å². The summed E-state index contributed by atoms with van der Waals surface area (Å²) in [5.74, 6) is -2.36. The summed E-state index contributed by atoms with van der Waals surface area (Å²) in [6, 6.07) is 0. The average Bonchev–Trinajstić information content (AvgIpc) is 0.918. The van der Waals surface area contributed by atoms with E-state index in [1.165, 1.54) is 103 Å². The number of aliphatic hydroxyl groups is 1. The lowest BCUT2D eigenvalue weighted by molar-refractivity contribution is -0.161. The molecule has 0 amide bonds. The van der Waals surface area contributed by atoms with Crippen LogP contribution in [-0.4, -0.2) is 96.7 Å². The van der Waals surface area contributed by atoms with Gasteiger partial charge in [-0.2, -0.15) is 0 Å². The first kappa shape index (κ1) is 99.2. The van der Waals surface area contributed by atoms with Crippen molar-refractivity contribution in [2.45, 2.75) is 341 Å². The van der Waals surface area contributed by atoms with Crippen molar-refractivity contribution >= 4 is 39.5 Å². The Morgan fingerprint density at radius 2 is 0.538 bits per heavy atom. The number of hydrogen-bond donors (Lipinski definition) is 3. The molecule has 0 aliphatic carbocycles. The number of phosphoric acid groups is 2.